The van der Waals surface area contributed by atoms with Crippen LogP contribution in [-0.2, 0) is 9.47 Å². The molecule has 1 aromatic rings. The predicted molar refractivity (Wildman–Crippen MR) is 101 cm³/mol. The maximum Gasteiger partial charge on any atom is 0.410 e. The van der Waals surface area contributed by atoms with Crippen molar-refractivity contribution in [2.75, 3.05) is 31.1 Å². The van der Waals surface area contributed by atoms with Crippen LogP contribution in [0.3, 0.4) is 0 Å². The van der Waals surface area contributed by atoms with Crippen LogP contribution in [0.15, 0.2) is 18.3 Å². The van der Waals surface area contributed by atoms with Gasteiger partial charge in [0.25, 0.3) is 0 Å². The molecule has 0 saturated carbocycles. The van der Waals surface area contributed by atoms with Crippen LogP contribution in [-0.4, -0.2) is 60.0 Å². The van der Waals surface area contributed by atoms with Crippen LogP contribution in [0.25, 0.3) is 0 Å². The van der Waals surface area contributed by atoms with Gasteiger partial charge in [-0.2, -0.15) is 0 Å². The minimum Gasteiger partial charge on any atom is -0.444 e. The smallest absolute Gasteiger partial charge is 0.410 e. The molecule has 1 aromatic heterocycles. The van der Waals surface area contributed by atoms with Crippen molar-refractivity contribution >= 4 is 11.9 Å². The molecule has 2 aliphatic rings. The summed E-state index contributed by atoms with van der Waals surface area (Å²) in [6.07, 6.45) is 5.02. The lowest BCUT2D eigenvalue weighted by molar-refractivity contribution is -0.0536. The zero-order chi connectivity index (χ0) is 19.4. The van der Waals surface area contributed by atoms with Gasteiger partial charge in [-0.1, -0.05) is 0 Å². The van der Waals surface area contributed by atoms with Crippen molar-refractivity contribution in [2.24, 2.45) is 0 Å². The first kappa shape index (κ1) is 19.9. The molecule has 0 aromatic carbocycles. The third-order valence-corrected chi connectivity index (χ3v) is 4.96. The lowest BCUT2D eigenvalue weighted by Crippen LogP contribution is -2.45. The Morgan fingerprint density at radius 1 is 1.07 bits per heavy atom. The number of ether oxygens (including phenoxy) is 2. The quantitative estimate of drug-likeness (QED) is 0.803. The Bertz CT molecular complexity index is 616. The largest absolute Gasteiger partial charge is 0.444 e. The molecule has 3 heterocycles. The number of rotatable bonds is 3. The third-order valence-electron chi connectivity index (χ3n) is 4.96. The minimum absolute atomic E-state index is 0.198. The average molecular weight is 379 g/mol. The molecule has 150 valence electrons. The first-order valence-corrected chi connectivity index (χ1v) is 9.80. The number of pyridine rings is 1. The van der Waals surface area contributed by atoms with Gasteiger partial charge >= 0.3 is 6.09 Å². The van der Waals surface area contributed by atoms with E-state index in [0.717, 1.165) is 44.6 Å². The van der Waals surface area contributed by atoms with Gasteiger partial charge in [0.05, 0.1) is 18.4 Å². The van der Waals surface area contributed by atoms with E-state index in [1.807, 2.05) is 20.8 Å². The highest BCUT2D eigenvalue weighted by Gasteiger charge is 2.29. The highest BCUT2D eigenvalue weighted by molar-refractivity contribution is 5.68. The molecule has 0 atom stereocenters. The molecule has 2 saturated heterocycles. The van der Waals surface area contributed by atoms with Crippen molar-refractivity contribution in [3.8, 4) is 0 Å². The van der Waals surface area contributed by atoms with Gasteiger partial charge in [0.2, 0.25) is 0 Å². The SMILES string of the molecule is CC(C)(C)OC(=O)N1CCC(OC2CCN(c3ccc(F)cn3)CC2)CC1. The van der Waals surface area contributed by atoms with Crippen molar-refractivity contribution in [3.05, 3.63) is 24.1 Å². The fourth-order valence-corrected chi connectivity index (χ4v) is 3.55. The summed E-state index contributed by atoms with van der Waals surface area (Å²) in [4.78, 5) is 20.2. The third kappa shape index (κ3) is 5.79. The van der Waals surface area contributed by atoms with Gasteiger partial charge in [-0.3, -0.25) is 0 Å². The van der Waals surface area contributed by atoms with E-state index in [2.05, 4.69) is 9.88 Å². The molecule has 3 rings (SSSR count). The lowest BCUT2D eigenvalue weighted by atomic mass is 10.0. The number of aromatic nitrogens is 1. The molecule has 2 aliphatic heterocycles. The van der Waals surface area contributed by atoms with E-state index in [1.54, 1.807) is 11.0 Å². The summed E-state index contributed by atoms with van der Waals surface area (Å²) in [7, 11) is 0. The van der Waals surface area contributed by atoms with Crippen LogP contribution < -0.4 is 4.90 Å². The number of likely N-dealkylation sites (tertiary alicyclic amines) is 1. The lowest BCUT2D eigenvalue weighted by Gasteiger charge is -2.37. The van der Waals surface area contributed by atoms with E-state index in [1.165, 1.54) is 12.3 Å². The molecule has 0 N–H and O–H groups in total. The first-order valence-electron chi connectivity index (χ1n) is 9.80. The fourth-order valence-electron chi connectivity index (χ4n) is 3.55. The molecule has 7 heteroatoms. The number of hydrogen-bond donors (Lipinski definition) is 0. The van der Waals surface area contributed by atoms with Crippen LogP contribution in [0.5, 0.6) is 0 Å². The predicted octanol–water partition coefficient (Wildman–Crippen LogP) is 3.61. The number of piperidine rings is 2. The second-order valence-corrected chi connectivity index (χ2v) is 8.32. The Labute approximate surface area is 160 Å². The number of carbonyl (C=O) groups is 1. The van der Waals surface area contributed by atoms with Gasteiger partial charge in [-0.05, 0) is 58.6 Å². The zero-order valence-electron chi connectivity index (χ0n) is 16.5. The summed E-state index contributed by atoms with van der Waals surface area (Å²) in [5, 5.41) is 0. The van der Waals surface area contributed by atoms with Crippen molar-refractivity contribution in [1.29, 1.82) is 0 Å². The van der Waals surface area contributed by atoms with E-state index in [4.69, 9.17) is 9.47 Å². The van der Waals surface area contributed by atoms with Gasteiger partial charge in [0.1, 0.15) is 17.2 Å². The molecule has 0 aliphatic carbocycles. The van der Waals surface area contributed by atoms with Gasteiger partial charge < -0.3 is 19.3 Å². The summed E-state index contributed by atoms with van der Waals surface area (Å²) in [5.41, 5.74) is -0.461. The van der Waals surface area contributed by atoms with Crippen LogP contribution in [0.1, 0.15) is 46.5 Å². The van der Waals surface area contributed by atoms with Crippen molar-refractivity contribution in [1.82, 2.24) is 9.88 Å². The standard InChI is InChI=1S/C20H30FN3O3/c1-20(2,3)27-19(25)24-12-8-17(9-13-24)26-16-6-10-23(11-7-16)18-5-4-15(21)14-22-18/h4-5,14,16-17H,6-13H2,1-3H3. The van der Waals surface area contributed by atoms with Crippen molar-refractivity contribution in [2.45, 2.75) is 64.3 Å². The van der Waals surface area contributed by atoms with Crippen molar-refractivity contribution in [3.63, 3.8) is 0 Å². The Kier molecular flexibility index (Phi) is 6.19. The van der Waals surface area contributed by atoms with Crippen LogP contribution in [0, 0.1) is 5.82 Å². The number of amides is 1. The van der Waals surface area contributed by atoms with Gasteiger partial charge in [-0.25, -0.2) is 14.2 Å². The van der Waals surface area contributed by atoms with Gasteiger partial charge in [0, 0.05) is 26.2 Å². The molecule has 27 heavy (non-hydrogen) atoms. The Hall–Kier alpha value is -1.89. The van der Waals surface area contributed by atoms with E-state index < -0.39 is 5.60 Å². The highest BCUT2D eigenvalue weighted by atomic mass is 19.1. The summed E-state index contributed by atoms with van der Waals surface area (Å²) >= 11 is 0. The molecule has 1 amide bonds. The Morgan fingerprint density at radius 3 is 2.19 bits per heavy atom. The number of nitrogens with zero attached hydrogens (tertiary/aromatic N) is 3. The maximum atomic E-state index is 13.0. The monoisotopic (exact) mass is 379 g/mol. The van der Waals surface area contributed by atoms with Crippen LogP contribution in [0.2, 0.25) is 0 Å². The maximum absolute atomic E-state index is 13.0. The second-order valence-electron chi connectivity index (χ2n) is 8.32. The molecule has 0 radical (unpaired) electrons. The Balaban J connectivity index is 1.39. The van der Waals surface area contributed by atoms with Crippen LogP contribution in [0.4, 0.5) is 15.0 Å². The number of halogens is 1. The summed E-state index contributed by atoms with van der Waals surface area (Å²) in [5.74, 6) is 0.509. The summed E-state index contributed by atoms with van der Waals surface area (Å²) in [6.45, 7) is 8.73. The molecule has 0 spiro atoms. The van der Waals surface area contributed by atoms with E-state index in [9.17, 15) is 9.18 Å². The number of carbonyl (C=O) groups excluding carboxylic acids is 1. The number of anilines is 1. The topological polar surface area (TPSA) is 54.9 Å². The Morgan fingerprint density at radius 2 is 1.67 bits per heavy atom. The highest BCUT2D eigenvalue weighted by Crippen LogP contribution is 2.24. The average Bonchev–Trinajstić information content (AvgIpc) is 2.62. The van der Waals surface area contributed by atoms with Crippen molar-refractivity contribution < 1.29 is 18.7 Å². The van der Waals surface area contributed by atoms with Crippen LogP contribution >= 0.6 is 0 Å². The second kappa shape index (κ2) is 8.42. The van der Waals surface area contributed by atoms with E-state index in [0.29, 0.717) is 13.1 Å². The molecule has 0 unspecified atom stereocenters. The molecule has 2 fully saturated rings. The normalized spacial score (nSPS) is 20.0. The van der Waals surface area contributed by atoms with E-state index >= 15 is 0 Å². The zero-order valence-corrected chi connectivity index (χ0v) is 16.5. The molecule has 6 nitrogen and oxygen atoms in total. The summed E-state index contributed by atoms with van der Waals surface area (Å²) in [6, 6.07) is 3.17. The molecular formula is C20H30FN3O3. The van der Waals surface area contributed by atoms with Gasteiger partial charge in [0.15, 0.2) is 0 Å². The van der Waals surface area contributed by atoms with E-state index in [-0.39, 0.29) is 24.1 Å². The summed E-state index contributed by atoms with van der Waals surface area (Å²) < 4.78 is 24.7. The first-order chi connectivity index (χ1) is 12.8. The molecule has 0 bridgehead atoms. The molecular weight excluding hydrogens is 349 g/mol. The fraction of sp³-hybridized carbons (Fsp3) is 0.700. The number of hydrogen-bond acceptors (Lipinski definition) is 5. The minimum atomic E-state index is -0.461. The van der Waals surface area contributed by atoms with Gasteiger partial charge in [-0.15, -0.1) is 0 Å².